The first-order chi connectivity index (χ1) is 18.4. The van der Waals surface area contributed by atoms with E-state index < -0.39 is 4.33 Å². The average molecular weight is 570 g/mol. The molecule has 5 fully saturated rings. The van der Waals surface area contributed by atoms with E-state index in [0.29, 0.717) is 12.2 Å². The zero-order valence-electron chi connectivity index (χ0n) is 24.8. The molecule has 5 aliphatic carbocycles. The van der Waals surface area contributed by atoms with Gasteiger partial charge in [0.15, 0.2) is 0 Å². The quantitative estimate of drug-likeness (QED) is 0.192. The molecule has 5 saturated carbocycles. The van der Waals surface area contributed by atoms with Crippen molar-refractivity contribution >= 4 is 23.2 Å². The van der Waals surface area contributed by atoms with Crippen LogP contribution in [-0.4, -0.2) is 29.8 Å². The van der Waals surface area contributed by atoms with Gasteiger partial charge in [0.1, 0.15) is 4.33 Å². The number of unbranched alkanes of at least 4 members (excludes halogenated alkanes) is 2. The van der Waals surface area contributed by atoms with E-state index in [1.165, 1.54) is 135 Å². The fourth-order valence-corrected chi connectivity index (χ4v) is 10.9. The van der Waals surface area contributed by atoms with Crippen LogP contribution in [0.15, 0.2) is 0 Å². The molecule has 0 radical (unpaired) electrons. The first kappa shape index (κ1) is 30.0. The van der Waals surface area contributed by atoms with Gasteiger partial charge in [-0.25, -0.2) is 0 Å². The zero-order chi connectivity index (χ0) is 26.6. The molecule has 4 heteroatoms. The third-order valence-electron chi connectivity index (χ3n) is 12.5. The van der Waals surface area contributed by atoms with Gasteiger partial charge >= 0.3 is 0 Å². The highest BCUT2D eigenvalue weighted by Gasteiger charge is 2.72. The maximum absolute atomic E-state index is 7.43. The maximum atomic E-state index is 7.43. The van der Waals surface area contributed by atoms with Gasteiger partial charge in [-0.3, -0.25) is 0 Å². The molecule has 0 aromatic carbocycles. The molecule has 0 heterocycles. The number of hydrogen-bond acceptors (Lipinski definition) is 2. The Hall–Kier alpha value is 0.500. The molecule has 5 aliphatic rings. The highest BCUT2D eigenvalue weighted by atomic mass is 35.5. The van der Waals surface area contributed by atoms with Gasteiger partial charge in [-0.1, -0.05) is 26.7 Å². The van der Waals surface area contributed by atoms with Gasteiger partial charge in [0.05, 0.1) is 12.2 Å². The predicted molar refractivity (Wildman–Crippen MR) is 161 cm³/mol. The number of rotatable bonds is 10. The van der Waals surface area contributed by atoms with Crippen LogP contribution in [-0.2, 0) is 9.47 Å². The summed E-state index contributed by atoms with van der Waals surface area (Å²) in [6, 6.07) is 0. The van der Waals surface area contributed by atoms with E-state index in [9.17, 15) is 0 Å². The van der Waals surface area contributed by atoms with Crippen LogP contribution in [0.4, 0.5) is 0 Å². The summed E-state index contributed by atoms with van der Waals surface area (Å²) >= 11 is 14.9. The Kier molecular flexibility index (Phi) is 10.4. The lowest BCUT2D eigenvalue weighted by Crippen LogP contribution is -2.66. The molecular weight excluding hydrogens is 511 g/mol. The Morgan fingerprint density at radius 2 is 0.868 bits per heavy atom. The van der Waals surface area contributed by atoms with Crippen molar-refractivity contribution in [3.05, 3.63) is 0 Å². The summed E-state index contributed by atoms with van der Waals surface area (Å²) in [4.78, 5) is 0. The molecule has 0 unspecified atom stereocenters. The van der Waals surface area contributed by atoms with Crippen molar-refractivity contribution in [1.82, 2.24) is 0 Å². The molecule has 5 rings (SSSR count). The van der Waals surface area contributed by atoms with Crippen molar-refractivity contribution in [2.24, 2.45) is 34.5 Å². The normalized spacial score (nSPS) is 43.3. The smallest absolute Gasteiger partial charge is 0.129 e. The van der Waals surface area contributed by atoms with E-state index in [4.69, 9.17) is 32.7 Å². The molecule has 220 valence electrons. The number of ether oxygens (including phenoxy) is 2. The molecule has 0 N–H and O–H groups in total. The van der Waals surface area contributed by atoms with Gasteiger partial charge in [0.2, 0.25) is 0 Å². The minimum atomic E-state index is -0.495. The molecule has 2 spiro atoms. The molecule has 0 atom stereocenters. The molecule has 0 amide bonds. The summed E-state index contributed by atoms with van der Waals surface area (Å²) in [5.41, 5.74) is 0.404. The van der Waals surface area contributed by atoms with Gasteiger partial charge in [-0.2, -0.15) is 0 Å². The fraction of sp³-hybridized carbons (Fsp3) is 1.00. The lowest BCUT2D eigenvalue weighted by atomic mass is 9.42. The summed E-state index contributed by atoms with van der Waals surface area (Å²) in [5.74, 6) is 3.62. The van der Waals surface area contributed by atoms with E-state index in [0.717, 1.165) is 36.9 Å². The van der Waals surface area contributed by atoms with Crippen molar-refractivity contribution < 1.29 is 9.47 Å². The highest BCUT2D eigenvalue weighted by molar-refractivity contribution is 6.50. The molecule has 0 aromatic heterocycles. The number of halogens is 2. The standard InChI is InChI=1S/C34H58Cl2O2/c1-3-5-23-37-30-11-7-26(8-12-30)28-15-19-32(20-16-28)25-33(34(32,35)36)21-17-29(18-22-33)27-9-13-31(14-10-27)38-24-6-4-2/h26-31H,3-25H2,1-2H3/t26?,27?,28-,29?,30?,31?,32-,33-. The van der Waals surface area contributed by atoms with Gasteiger partial charge in [0, 0.05) is 24.0 Å². The minimum Gasteiger partial charge on any atom is -0.378 e. The Morgan fingerprint density at radius 1 is 0.526 bits per heavy atom. The van der Waals surface area contributed by atoms with Crippen LogP contribution in [0.5, 0.6) is 0 Å². The third-order valence-corrected chi connectivity index (χ3v) is 14.1. The molecule has 0 bridgehead atoms. The summed E-state index contributed by atoms with van der Waals surface area (Å²) < 4.78 is 11.8. The van der Waals surface area contributed by atoms with Crippen molar-refractivity contribution in [3.8, 4) is 0 Å². The monoisotopic (exact) mass is 568 g/mol. The predicted octanol–water partition coefficient (Wildman–Crippen LogP) is 10.7. The Morgan fingerprint density at radius 3 is 1.18 bits per heavy atom. The van der Waals surface area contributed by atoms with Gasteiger partial charge in [0.25, 0.3) is 0 Å². The van der Waals surface area contributed by atoms with Crippen LogP contribution in [0.1, 0.15) is 149 Å². The summed E-state index contributed by atoms with van der Waals surface area (Å²) in [5, 5.41) is 0. The average Bonchev–Trinajstić information content (AvgIpc) is 2.95. The highest BCUT2D eigenvalue weighted by Crippen LogP contribution is 2.77. The van der Waals surface area contributed by atoms with E-state index >= 15 is 0 Å². The molecule has 2 nitrogen and oxygen atoms in total. The van der Waals surface area contributed by atoms with E-state index in [-0.39, 0.29) is 10.8 Å². The van der Waals surface area contributed by atoms with Crippen molar-refractivity contribution in [3.63, 3.8) is 0 Å². The molecule has 38 heavy (non-hydrogen) atoms. The molecule has 0 saturated heterocycles. The fourth-order valence-electron chi connectivity index (χ4n) is 9.88. The minimum absolute atomic E-state index is 0.202. The van der Waals surface area contributed by atoms with Crippen LogP contribution >= 0.6 is 23.2 Å². The van der Waals surface area contributed by atoms with Crippen LogP contribution < -0.4 is 0 Å². The Balaban J connectivity index is 1.04. The van der Waals surface area contributed by atoms with E-state index in [2.05, 4.69) is 13.8 Å². The zero-order valence-corrected chi connectivity index (χ0v) is 26.3. The van der Waals surface area contributed by atoms with Crippen LogP contribution in [0, 0.1) is 34.5 Å². The first-order valence-electron chi connectivity index (χ1n) is 17.0. The van der Waals surface area contributed by atoms with Crippen LogP contribution in [0.3, 0.4) is 0 Å². The third kappa shape index (κ3) is 6.15. The SMILES string of the molecule is CCCCOC1CCC(C2CC[C@]3(CC2)C[C@@]2(CC[C@H](C4CCC(OCCCC)CC4)CC2)C3(Cl)Cl)CC1. The van der Waals surface area contributed by atoms with E-state index in [1.807, 2.05) is 0 Å². The van der Waals surface area contributed by atoms with Crippen molar-refractivity contribution in [1.29, 1.82) is 0 Å². The van der Waals surface area contributed by atoms with Crippen LogP contribution in [0.25, 0.3) is 0 Å². The topological polar surface area (TPSA) is 18.5 Å². The summed E-state index contributed by atoms with van der Waals surface area (Å²) in [6.45, 7) is 6.42. The second kappa shape index (κ2) is 13.2. The van der Waals surface area contributed by atoms with Crippen molar-refractivity contribution in [2.45, 2.75) is 165 Å². The Bertz CT molecular complexity index is 648. The second-order valence-corrected chi connectivity index (χ2v) is 15.8. The Labute approximate surface area is 245 Å². The lowest BCUT2D eigenvalue weighted by Gasteiger charge is -2.69. The molecule has 0 aromatic rings. The van der Waals surface area contributed by atoms with Gasteiger partial charge < -0.3 is 9.47 Å². The van der Waals surface area contributed by atoms with E-state index in [1.54, 1.807) is 0 Å². The number of hydrogen-bond donors (Lipinski definition) is 0. The summed E-state index contributed by atoms with van der Waals surface area (Å²) in [6.07, 6.45) is 28.4. The first-order valence-corrected chi connectivity index (χ1v) is 17.8. The van der Waals surface area contributed by atoms with Gasteiger partial charge in [-0.05, 0) is 146 Å². The van der Waals surface area contributed by atoms with Crippen molar-refractivity contribution in [2.75, 3.05) is 13.2 Å². The second-order valence-electron chi connectivity index (χ2n) is 14.5. The lowest BCUT2D eigenvalue weighted by molar-refractivity contribution is -0.123. The molecule has 0 aliphatic heterocycles. The largest absolute Gasteiger partial charge is 0.378 e. The molecular formula is C34H58Cl2O2. The van der Waals surface area contributed by atoms with Gasteiger partial charge in [-0.15, -0.1) is 23.2 Å². The summed E-state index contributed by atoms with van der Waals surface area (Å²) in [7, 11) is 0. The van der Waals surface area contributed by atoms with Crippen LogP contribution in [0.2, 0.25) is 0 Å². The maximum Gasteiger partial charge on any atom is 0.129 e. The number of alkyl halides is 2.